The molecule has 22 heavy (non-hydrogen) atoms. The highest BCUT2D eigenvalue weighted by Crippen LogP contribution is 2.30. The molecule has 0 aromatic heterocycles. The van der Waals surface area contributed by atoms with Crippen molar-refractivity contribution >= 4 is 29.3 Å². The standard InChI is InChI=1S/C16H22Cl2N2O2/c1-10-9-20(15(21)22-16(2,3)4)14(8-19-10)11-5-12(17)7-13(18)6-11/h5-7,10,14,19H,8-9H2,1-4H3/t10-,14+/m1/s1. The molecule has 1 N–H and O–H groups in total. The largest absolute Gasteiger partial charge is 0.444 e. The molecule has 0 radical (unpaired) electrons. The number of rotatable bonds is 1. The molecule has 122 valence electrons. The van der Waals surface area contributed by atoms with Gasteiger partial charge in [-0.3, -0.25) is 4.90 Å². The van der Waals surface area contributed by atoms with Crippen molar-refractivity contribution in [1.82, 2.24) is 10.2 Å². The Kier molecular flexibility index (Phi) is 5.25. The molecule has 0 bridgehead atoms. The second-order valence-corrected chi connectivity index (χ2v) is 7.53. The molecule has 0 unspecified atom stereocenters. The summed E-state index contributed by atoms with van der Waals surface area (Å²) in [7, 11) is 0. The summed E-state index contributed by atoms with van der Waals surface area (Å²) in [6.07, 6.45) is -0.318. The number of ether oxygens (including phenoxy) is 1. The third kappa shape index (κ3) is 4.51. The molecule has 1 aliphatic rings. The molecular weight excluding hydrogens is 323 g/mol. The number of benzene rings is 1. The predicted molar refractivity (Wildman–Crippen MR) is 89.6 cm³/mol. The van der Waals surface area contributed by atoms with E-state index in [0.717, 1.165) is 5.56 Å². The van der Waals surface area contributed by atoms with Gasteiger partial charge >= 0.3 is 6.09 Å². The monoisotopic (exact) mass is 344 g/mol. The Hall–Kier alpha value is -0.970. The number of amides is 1. The highest BCUT2D eigenvalue weighted by Gasteiger charge is 2.33. The van der Waals surface area contributed by atoms with E-state index in [1.54, 1.807) is 11.0 Å². The van der Waals surface area contributed by atoms with E-state index in [1.165, 1.54) is 0 Å². The average molecular weight is 345 g/mol. The van der Waals surface area contributed by atoms with Gasteiger partial charge in [-0.05, 0) is 51.5 Å². The quantitative estimate of drug-likeness (QED) is 0.827. The molecule has 1 aromatic carbocycles. The number of carbonyl (C=O) groups is 1. The molecule has 6 heteroatoms. The summed E-state index contributed by atoms with van der Waals surface area (Å²) in [6.45, 7) is 8.84. The number of nitrogens with zero attached hydrogens (tertiary/aromatic N) is 1. The SMILES string of the molecule is C[C@@H]1CN(C(=O)OC(C)(C)C)[C@H](c2cc(Cl)cc(Cl)c2)CN1. The topological polar surface area (TPSA) is 41.6 Å². The first-order valence-electron chi connectivity index (χ1n) is 7.35. The van der Waals surface area contributed by atoms with Crippen LogP contribution in [-0.2, 0) is 4.74 Å². The number of halogens is 2. The minimum atomic E-state index is -0.526. The fraction of sp³-hybridized carbons (Fsp3) is 0.562. The fourth-order valence-electron chi connectivity index (χ4n) is 2.50. The summed E-state index contributed by atoms with van der Waals surface area (Å²) in [6, 6.07) is 5.42. The minimum absolute atomic E-state index is 0.151. The van der Waals surface area contributed by atoms with Gasteiger partial charge in [0, 0.05) is 29.2 Å². The molecule has 2 atom stereocenters. The van der Waals surface area contributed by atoms with Crippen molar-refractivity contribution < 1.29 is 9.53 Å². The fourth-order valence-corrected chi connectivity index (χ4v) is 3.04. The molecule has 1 heterocycles. The normalized spacial score (nSPS) is 22.5. The Morgan fingerprint density at radius 1 is 1.27 bits per heavy atom. The Morgan fingerprint density at radius 2 is 1.86 bits per heavy atom. The van der Waals surface area contributed by atoms with Gasteiger partial charge in [-0.2, -0.15) is 0 Å². The van der Waals surface area contributed by atoms with E-state index < -0.39 is 5.60 Å². The summed E-state index contributed by atoms with van der Waals surface area (Å²) < 4.78 is 5.53. The number of hydrogen-bond donors (Lipinski definition) is 1. The van der Waals surface area contributed by atoms with Gasteiger partial charge in [-0.15, -0.1) is 0 Å². The smallest absolute Gasteiger partial charge is 0.410 e. The van der Waals surface area contributed by atoms with Crippen LogP contribution < -0.4 is 5.32 Å². The zero-order valence-corrected chi connectivity index (χ0v) is 14.8. The molecule has 1 amide bonds. The Balaban J connectivity index is 2.28. The zero-order valence-electron chi connectivity index (χ0n) is 13.3. The second-order valence-electron chi connectivity index (χ2n) is 6.66. The van der Waals surface area contributed by atoms with Gasteiger partial charge in [-0.25, -0.2) is 4.79 Å². The van der Waals surface area contributed by atoms with Crippen LogP contribution >= 0.6 is 23.2 Å². The first kappa shape index (κ1) is 17.4. The van der Waals surface area contributed by atoms with E-state index in [0.29, 0.717) is 23.1 Å². The maximum Gasteiger partial charge on any atom is 0.410 e. The first-order valence-corrected chi connectivity index (χ1v) is 8.10. The van der Waals surface area contributed by atoms with Crippen LogP contribution in [0.25, 0.3) is 0 Å². The summed E-state index contributed by atoms with van der Waals surface area (Å²) in [5.41, 5.74) is 0.379. The van der Waals surface area contributed by atoms with Crippen molar-refractivity contribution in [2.45, 2.75) is 45.4 Å². The van der Waals surface area contributed by atoms with Crippen molar-refractivity contribution in [3.63, 3.8) is 0 Å². The van der Waals surface area contributed by atoms with Crippen molar-refractivity contribution in [3.8, 4) is 0 Å². The number of nitrogens with one attached hydrogen (secondary N) is 1. The van der Waals surface area contributed by atoms with Gasteiger partial charge in [0.05, 0.1) is 6.04 Å². The van der Waals surface area contributed by atoms with Crippen molar-refractivity contribution in [2.24, 2.45) is 0 Å². The average Bonchev–Trinajstić information content (AvgIpc) is 2.35. The van der Waals surface area contributed by atoms with Gasteiger partial charge in [0.15, 0.2) is 0 Å². The molecule has 0 spiro atoms. The lowest BCUT2D eigenvalue weighted by atomic mass is 10.0. The Morgan fingerprint density at radius 3 is 2.41 bits per heavy atom. The maximum absolute atomic E-state index is 12.5. The molecule has 0 saturated carbocycles. The van der Waals surface area contributed by atoms with E-state index in [9.17, 15) is 4.79 Å². The summed E-state index contributed by atoms with van der Waals surface area (Å²) in [5, 5.41) is 4.50. The van der Waals surface area contributed by atoms with E-state index in [4.69, 9.17) is 27.9 Å². The highest BCUT2D eigenvalue weighted by atomic mass is 35.5. The highest BCUT2D eigenvalue weighted by molar-refractivity contribution is 6.34. The molecule has 1 aromatic rings. The van der Waals surface area contributed by atoms with Crippen LogP contribution in [0, 0.1) is 0 Å². The van der Waals surface area contributed by atoms with Gasteiger partial charge in [-0.1, -0.05) is 23.2 Å². The third-order valence-electron chi connectivity index (χ3n) is 3.40. The maximum atomic E-state index is 12.5. The lowest BCUT2D eigenvalue weighted by molar-refractivity contribution is 0.00787. The second kappa shape index (κ2) is 6.65. The Bertz CT molecular complexity index is 537. The van der Waals surface area contributed by atoms with Crippen LogP contribution in [0.5, 0.6) is 0 Å². The number of hydrogen-bond acceptors (Lipinski definition) is 3. The summed E-state index contributed by atoms with van der Waals surface area (Å²) in [5.74, 6) is 0. The number of piperazine rings is 1. The molecule has 4 nitrogen and oxygen atoms in total. The van der Waals surface area contributed by atoms with E-state index in [1.807, 2.05) is 39.8 Å². The lowest BCUT2D eigenvalue weighted by Gasteiger charge is -2.40. The van der Waals surface area contributed by atoms with Crippen molar-refractivity contribution in [1.29, 1.82) is 0 Å². The van der Waals surface area contributed by atoms with E-state index in [-0.39, 0.29) is 18.2 Å². The third-order valence-corrected chi connectivity index (χ3v) is 3.84. The van der Waals surface area contributed by atoms with Crippen molar-refractivity contribution in [3.05, 3.63) is 33.8 Å². The first-order chi connectivity index (χ1) is 10.2. The van der Waals surface area contributed by atoms with Crippen LogP contribution in [0.15, 0.2) is 18.2 Å². The van der Waals surface area contributed by atoms with Crippen LogP contribution in [0.3, 0.4) is 0 Å². The Labute approximate surface area is 141 Å². The molecule has 0 aliphatic carbocycles. The van der Waals surface area contributed by atoms with Gasteiger partial charge in [0.25, 0.3) is 0 Å². The summed E-state index contributed by atoms with van der Waals surface area (Å²) >= 11 is 12.2. The van der Waals surface area contributed by atoms with Gasteiger partial charge in [0.1, 0.15) is 5.60 Å². The summed E-state index contributed by atoms with van der Waals surface area (Å²) in [4.78, 5) is 14.3. The van der Waals surface area contributed by atoms with E-state index >= 15 is 0 Å². The van der Waals surface area contributed by atoms with Crippen LogP contribution in [0.2, 0.25) is 10.0 Å². The van der Waals surface area contributed by atoms with Gasteiger partial charge < -0.3 is 10.1 Å². The van der Waals surface area contributed by atoms with Gasteiger partial charge in [0.2, 0.25) is 0 Å². The molecule has 1 aliphatic heterocycles. The van der Waals surface area contributed by atoms with Crippen molar-refractivity contribution in [2.75, 3.05) is 13.1 Å². The zero-order chi connectivity index (χ0) is 16.5. The number of carbonyl (C=O) groups excluding carboxylic acids is 1. The van der Waals surface area contributed by atoms with Crippen LogP contribution in [0.4, 0.5) is 4.79 Å². The van der Waals surface area contributed by atoms with Crippen LogP contribution in [-0.4, -0.2) is 35.7 Å². The predicted octanol–water partition coefficient (Wildman–Crippen LogP) is 4.26. The van der Waals surface area contributed by atoms with E-state index in [2.05, 4.69) is 5.32 Å². The molecule has 2 rings (SSSR count). The molecule has 1 fully saturated rings. The van der Waals surface area contributed by atoms with Crippen LogP contribution in [0.1, 0.15) is 39.3 Å². The lowest BCUT2D eigenvalue weighted by Crippen LogP contribution is -2.54. The molecule has 1 saturated heterocycles. The molecular formula is C16H22Cl2N2O2. The minimum Gasteiger partial charge on any atom is -0.444 e.